The summed E-state index contributed by atoms with van der Waals surface area (Å²) in [5.74, 6) is -0.646. The lowest BCUT2D eigenvalue weighted by atomic mass is 10.1. The van der Waals surface area contributed by atoms with Gasteiger partial charge >= 0.3 is 5.97 Å². The fourth-order valence-corrected chi connectivity index (χ4v) is 4.38. The Kier molecular flexibility index (Phi) is 6.09. The number of benzene rings is 2. The van der Waals surface area contributed by atoms with Gasteiger partial charge in [0.15, 0.2) is 5.13 Å². The molecule has 1 fully saturated rings. The molecule has 1 aliphatic heterocycles. The highest BCUT2D eigenvalue weighted by molar-refractivity contribution is 7.14. The summed E-state index contributed by atoms with van der Waals surface area (Å²) in [6, 6.07) is 19.3. The minimum Gasteiger partial charge on any atom is -0.447 e. The van der Waals surface area contributed by atoms with E-state index in [1.807, 2.05) is 60.7 Å². The summed E-state index contributed by atoms with van der Waals surface area (Å²) in [4.78, 5) is 33.4. The number of piperazine rings is 1. The maximum absolute atomic E-state index is 13.1. The first-order valence-electron chi connectivity index (χ1n) is 9.88. The zero-order chi connectivity index (χ0) is 20.9. The van der Waals surface area contributed by atoms with Crippen molar-refractivity contribution >= 4 is 28.3 Å². The van der Waals surface area contributed by atoms with E-state index in [2.05, 4.69) is 10.3 Å². The van der Waals surface area contributed by atoms with Crippen LogP contribution in [0.1, 0.15) is 18.6 Å². The number of nitrogens with zero attached hydrogens (tertiary/aromatic N) is 3. The fraction of sp³-hybridized carbons (Fsp3) is 0.261. The Balaban J connectivity index is 1.42. The number of carbonyl (C=O) groups is 2. The van der Waals surface area contributed by atoms with Crippen LogP contribution in [0.4, 0.5) is 5.13 Å². The molecule has 1 atom stereocenters. The Bertz CT molecular complexity index is 999. The molecule has 0 saturated carbocycles. The molecule has 2 aromatic carbocycles. The molecule has 3 aromatic rings. The van der Waals surface area contributed by atoms with Crippen molar-refractivity contribution in [3.8, 4) is 11.3 Å². The number of esters is 1. The highest BCUT2D eigenvalue weighted by Gasteiger charge is 2.31. The molecule has 1 aromatic heterocycles. The van der Waals surface area contributed by atoms with E-state index >= 15 is 0 Å². The van der Waals surface area contributed by atoms with Crippen LogP contribution in [0.5, 0.6) is 0 Å². The van der Waals surface area contributed by atoms with E-state index in [-0.39, 0.29) is 5.91 Å². The van der Waals surface area contributed by atoms with Crippen molar-refractivity contribution in [1.29, 1.82) is 0 Å². The molecule has 2 heterocycles. The predicted octanol–water partition coefficient (Wildman–Crippen LogP) is 3.76. The van der Waals surface area contributed by atoms with Crippen LogP contribution in [0.15, 0.2) is 66.0 Å². The Hall–Kier alpha value is -3.19. The molecule has 6 nitrogen and oxygen atoms in total. The number of anilines is 1. The molecule has 0 spiro atoms. The van der Waals surface area contributed by atoms with Gasteiger partial charge in [-0.1, -0.05) is 60.7 Å². The molecule has 1 aliphatic rings. The smallest absolute Gasteiger partial charge is 0.303 e. The van der Waals surface area contributed by atoms with Gasteiger partial charge in [-0.15, -0.1) is 11.3 Å². The first-order valence-corrected chi connectivity index (χ1v) is 10.8. The topological polar surface area (TPSA) is 62.7 Å². The lowest BCUT2D eigenvalue weighted by Crippen LogP contribution is -2.50. The first-order chi connectivity index (χ1) is 14.6. The molecular formula is C23H23N3O3S. The molecule has 0 radical (unpaired) electrons. The van der Waals surface area contributed by atoms with Gasteiger partial charge in [-0.05, 0) is 0 Å². The molecule has 1 amide bonds. The number of ether oxygens (including phenoxy) is 1. The van der Waals surface area contributed by atoms with Gasteiger partial charge in [0.2, 0.25) is 6.10 Å². The molecule has 0 aliphatic carbocycles. The third-order valence-electron chi connectivity index (χ3n) is 5.03. The molecular weight excluding hydrogens is 398 g/mol. The summed E-state index contributed by atoms with van der Waals surface area (Å²) in [5, 5.41) is 3.02. The average molecular weight is 422 g/mol. The van der Waals surface area contributed by atoms with Crippen LogP contribution < -0.4 is 4.90 Å². The van der Waals surface area contributed by atoms with Crippen molar-refractivity contribution < 1.29 is 14.3 Å². The van der Waals surface area contributed by atoms with Gasteiger partial charge in [0, 0.05) is 49.6 Å². The van der Waals surface area contributed by atoms with Gasteiger partial charge in [0.05, 0.1) is 5.69 Å². The highest BCUT2D eigenvalue weighted by atomic mass is 32.1. The van der Waals surface area contributed by atoms with E-state index in [0.717, 1.165) is 16.4 Å². The van der Waals surface area contributed by atoms with Gasteiger partial charge in [0.1, 0.15) is 0 Å². The number of rotatable bonds is 5. The second-order valence-corrected chi connectivity index (χ2v) is 7.93. The Labute approximate surface area is 179 Å². The van der Waals surface area contributed by atoms with Crippen molar-refractivity contribution in [3.63, 3.8) is 0 Å². The second-order valence-electron chi connectivity index (χ2n) is 7.09. The van der Waals surface area contributed by atoms with E-state index in [1.165, 1.54) is 6.92 Å². The minimum atomic E-state index is -0.903. The maximum atomic E-state index is 13.1. The maximum Gasteiger partial charge on any atom is 0.303 e. The molecule has 1 saturated heterocycles. The van der Waals surface area contributed by atoms with E-state index in [9.17, 15) is 9.59 Å². The summed E-state index contributed by atoms with van der Waals surface area (Å²) in [7, 11) is 0. The van der Waals surface area contributed by atoms with Crippen LogP contribution in [-0.4, -0.2) is 47.9 Å². The Morgan fingerprint density at radius 2 is 1.60 bits per heavy atom. The predicted molar refractivity (Wildman–Crippen MR) is 117 cm³/mol. The third kappa shape index (κ3) is 4.52. The van der Waals surface area contributed by atoms with Crippen molar-refractivity contribution in [3.05, 3.63) is 71.6 Å². The summed E-state index contributed by atoms with van der Waals surface area (Å²) in [6.45, 7) is 3.82. The van der Waals surface area contributed by atoms with Gasteiger partial charge < -0.3 is 14.5 Å². The average Bonchev–Trinajstić information content (AvgIpc) is 3.29. The molecule has 30 heavy (non-hydrogen) atoms. The van der Waals surface area contributed by atoms with Crippen LogP contribution in [-0.2, 0) is 14.3 Å². The van der Waals surface area contributed by atoms with Crippen LogP contribution in [0, 0.1) is 0 Å². The standard InChI is InChI=1S/C23H23N3O3S/c1-17(27)29-21(19-10-6-3-7-11-19)22(28)25-12-14-26(15-13-25)23-24-20(16-30-23)18-8-4-2-5-9-18/h2-11,16,21H,12-15H2,1H3. The molecule has 0 N–H and O–H groups in total. The second kappa shape index (κ2) is 9.09. The zero-order valence-corrected chi connectivity index (χ0v) is 17.5. The lowest BCUT2D eigenvalue weighted by molar-refractivity contribution is -0.159. The quantitative estimate of drug-likeness (QED) is 0.587. The van der Waals surface area contributed by atoms with Crippen LogP contribution >= 0.6 is 11.3 Å². The zero-order valence-electron chi connectivity index (χ0n) is 16.7. The fourth-order valence-electron chi connectivity index (χ4n) is 3.49. The summed E-state index contributed by atoms with van der Waals surface area (Å²) in [5.41, 5.74) is 2.75. The number of hydrogen-bond acceptors (Lipinski definition) is 6. The molecule has 7 heteroatoms. The Morgan fingerprint density at radius 1 is 0.967 bits per heavy atom. The number of thiazole rings is 1. The van der Waals surface area contributed by atoms with Gasteiger partial charge in [-0.25, -0.2) is 4.98 Å². The number of aromatic nitrogens is 1. The van der Waals surface area contributed by atoms with E-state index in [0.29, 0.717) is 31.7 Å². The number of carbonyl (C=O) groups excluding carboxylic acids is 2. The van der Waals surface area contributed by atoms with Crippen molar-refractivity contribution in [2.75, 3.05) is 31.1 Å². The normalized spacial score (nSPS) is 15.0. The monoisotopic (exact) mass is 421 g/mol. The van der Waals surface area contributed by atoms with Gasteiger partial charge in [0.25, 0.3) is 5.91 Å². The largest absolute Gasteiger partial charge is 0.447 e. The first kappa shape index (κ1) is 20.1. The van der Waals surface area contributed by atoms with E-state index < -0.39 is 12.1 Å². The van der Waals surface area contributed by atoms with Crippen LogP contribution in [0.3, 0.4) is 0 Å². The lowest BCUT2D eigenvalue weighted by Gasteiger charge is -2.36. The summed E-state index contributed by atoms with van der Waals surface area (Å²) in [6.07, 6.45) is -0.903. The number of amides is 1. The summed E-state index contributed by atoms with van der Waals surface area (Å²) >= 11 is 1.61. The molecule has 154 valence electrons. The molecule has 0 bridgehead atoms. The van der Waals surface area contributed by atoms with Crippen molar-refractivity contribution in [1.82, 2.24) is 9.88 Å². The van der Waals surface area contributed by atoms with Crippen molar-refractivity contribution in [2.45, 2.75) is 13.0 Å². The highest BCUT2D eigenvalue weighted by Crippen LogP contribution is 2.28. The van der Waals surface area contributed by atoms with Crippen LogP contribution in [0.25, 0.3) is 11.3 Å². The van der Waals surface area contributed by atoms with Gasteiger partial charge in [-0.3, -0.25) is 9.59 Å². The van der Waals surface area contributed by atoms with Crippen LogP contribution in [0.2, 0.25) is 0 Å². The van der Waals surface area contributed by atoms with Gasteiger partial charge in [-0.2, -0.15) is 0 Å². The third-order valence-corrected chi connectivity index (χ3v) is 5.94. The van der Waals surface area contributed by atoms with E-state index in [1.54, 1.807) is 16.2 Å². The molecule has 4 rings (SSSR count). The van der Waals surface area contributed by atoms with E-state index in [4.69, 9.17) is 9.72 Å². The number of hydrogen-bond donors (Lipinski definition) is 0. The SMILES string of the molecule is CC(=O)OC(C(=O)N1CCN(c2nc(-c3ccccc3)cs2)CC1)c1ccccc1. The summed E-state index contributed by atoms with van der Waals surface area (Å²) < 4.78 is 5.36. The Morgan fingerprint density at radius 3 is 2.23 bits per heavy atom. The molecule has 1 unspecified atom stereocenters. The minimum absolute atomic E-state index is 0.180. The van der Waals surface area contributed by atoms with Crippen molar-refractivity contribution in [2.24, 2.45) is 0 Å².